The number of nitrogens with one attached hydrogen (secondary N) is 1. The molecule has 202 valence electrons. The Morgan fingerprint density at radius 3 is 2.32 bits per heavy atom. The molecule has 0 radical (unpaired) electrons. The second-order valence-electron chi connectivity index (χ2n) is 9.26. The minimum Gasteiger partial charge on any atom is -0.466 e. The summed E-state index contributed by atoms with van der Waals surface area (Å²) in [6.07, 6.45) is 6.60. The van der Waals surface area contributed by atoms with Crippen LogP contribution in [-0.4, -0.2) is 31.7 Å². The average molecular weight is 533 g/mol. The number of ether oxygens (including phenoxy) is 1. The zero-order chi connectivity index (χ0) is 27.0. The molecule has 5 nitrogen and oxygen atoms in total. The molecule has 38 heavy (non-hydrogen) atoms. The molecule has 0 atom stereocenters. The smallest absolute Gasteiger partial charge is 0.321 e. The molecule has 6 heteroatoms. The number of urea groups is 1. The van der Waals surface area contributed by atoms with E-state index in [4.69, 9.17) is 4.74 Å². The topological polar surface area (TPSA) is 58.6 Å². The van der Waals surface area contributed by atoms with Crippen molar-refractivity contribution in [1.82, 2.24) is 5.32 Å². The predicted molar refractivity (Wildman–Crippen MR) is 157 cm³/mol. The average Bonchev–Trinajstić information content (AvgIpc) is 2.92. The van der Waals surface area contributed by atoms with E-state index in [1.165, 1.54) is 18.4 Å². The molecule has 0 aliphatic heterocycles. The van der Waals surface area contributed by atoms with Crippen molar-refractivity contribution in [3.8, 4) is 0 Å². The molecule has 3 aromatic carbocycles. The number of esters is 1. The Bertz CT molecular complexity index is 1120. The van der Waals surface area contributed by atoms with E-state index in [0.29, 0.717) is 19.7 Å². The first-order valence-electron chi connectivity index (χ1n) is 13.7. The van der Waals surface area contributed by atoms with Gasteiger partial charge in [0.2, 0.25) is 0 Å². The summed E-state index contributed by atoms with van der Waals surface area (Å²) >= 11 is 1.64. The summed E-state index contributed by atoms with van der Waals surface area (Å²) < 4.78 is 5.07. The number of anilines is 1. The Morgan fingerprint density at radius 2 is 1.58 bits per heavy atom. The number of unbranched alkanes of at least 4 members (excludes halogenated alkanes) is 3. The third-order valence-corrected chi connectivity index (χ3v) is 7.18. The Hall–Kier alpha value is -3.25. The fourth-order valence-electron chi connectivity index (χ4n) is 4.20. The fourth-order valence-corrected chi connectivity index (χ4v) is 5.11. The van der Waals surface area contributed by atoms with Crippen LogP contribution in [0.15, 0.2) is 88.7 Å². The molecule has 0 heterocycles. The normalized spacial score (nSPS) is 10.7. The van der Waals surface area contributed by atoms with Gasteiger partial charge >= 0.3 is 12.0 Å². The van der Waals surface area contributed by atoms with Crippen LogP contribution in [0.25, 0.3) is 0 Å². The standard InChI is InChI=1S/C32H40N2O3S/c1-3-5-6-10-22-33-32(36)34(23-12-16-26-13-8-7-9-14-26)28-18-20-29(21-19-28)38-30-17-11-15-27(24-30)25-31(35)37-4-2/h7-9,11,13-15,17-21,24H,3-6,10,12,16,22-23,25H2,1-2H3,(H,33,36). The first-order chi connectivity index (χ1) is 18.6. The summed E-state index contributed by atoms with van der Waals surface area (Å²) in [7, 11) is 0. The number of benzene rings is 3. The van der Waals surface area contributed by atoms with E-state index in [-0.39, 0.29) is 18.4 Å². The Morgan fingerprint density at radius 1 is 0.816 bits per heavy atom. The monoisotopic (exact) mass is 532 g/mol. The van der Waals surface area contributed by atoms with Crippen LogP contribution in [0, 0.1) is 0 Å². The van der Waals surface area contributed by atoms with Crippen LogP contribution in [-0.2, 0) is 22.4 Å². The van der Waals surface area contributed by atoms with Gasteiger partial charge in [0.1, 0.15) is 0 Å². The lowest BCUT2D eigenvalue weighted by atomic mass is 10.1. The van der Waals surface area contributed by atoms with E-state index >= 15 is 0 Å². The number of carbonyl (C=O) groups excluding carboxylic acids is 2. The lowest BCUT2D eigenvalue weighted by molar-refractivity contribution is -0.142. The molecular weight excluding hydrogens is 492 g/mol. The molecule has 1 N–H and O–H groups in total. The molecule has 2 amide bonds. The Labute approximate surface area is 232 Å². The van der Waals surface area contributed by atoms with Crippen LogP contribution < -0.4 is 10.2 Å². The lowest BCUT2D eigenvalue weighted by Gasteiger charge is -2.24. The molecule has 0 fully saturated rings. The summed E-state index contributed by atoms with van der Waals surface area (Å²) in [5.74, 6) is -0.213. The highest BCUT2D eigenvalue weighted by Gasteiger charge is 2.15. The molecule has 0 bridgehead atoms. The van der Waals surface area contributed by atoms with Crippen LogP contribution in [0.1, 0.15) is 57.1 Å². The minimum atomic E-state index is -0.213. The molecule has 0 spiro atoms. The maximum absolute atomic E-state index is 13.1. The van der Waals surface area contributed by atoms with Crippen molar-refractivity contribution in [1.29, 1.82) is 0 Å². The van der Waals surface area contributed by atoms with Gasteiger partial charge in [0.05, 0.1) is 13.0 Å². The third-order valence-electron chi connectivity index (χ3n) is 6.18. The second-order valence-corrected chi connectivity index (χ2v) is 10.4. The molecule has 0 aliphatic carbocycles. The van der Waals surface area contributed by atoms with E-state index in [1.54, 1.807) is 11.8 Å². The maximum Gasteiger partial charge on any atom is 0.321 e. The van der Waals surface area contributed by atoms with Gasteiger partial charge in [0.15, 0.2) is 0 Å². The summed E-state index contributed by atoms with van der Waals surface area (Å²) in [5, 5.41) is 3.12. The van der Waals surface area contributed by atoms with Gasteiger partial charge in [0, 0.05) is 28.6 Å². The molecule has 3 aromatic rings. The van der Waals surface area contributed by atoms with Gasteiger partial charge in [-0.05, 0) is 73.7 Å². The Kier molecular flexibility index (Phi) is 12.8. The van der Waals surface area contributed by atoms with Crippen LogP contribution in [0.2, 0.25) is 0 Å². The van der Waals surface area contributed by atoms with Crippen molar-refractivity contribution in [2.24, 2.45) is 0 Å². The number of amides is 2. The highest BCUT2D eigenvalue weighted by atomic mass is 32.2. The van der Waals surface area contributed by atoms with Crippen molar-refractivity contribution in [2.75, 3.05) is 24.6 Å². The maximum atomic E-state index is 13.1. The van der Waals surface area contributed by atoms with Gasteiger partial charge in [-0.1, -0.05) is 80.4 Å². The summed E-state index contributed by atoms with van der Waals surface area (Å²) in [4.78, 5) is 29.0. The van der Waals surface area contributed by atoms with E-state index in [1.807, 2.05) is 54.3 Å². The second kappa shape index (κ2) is 16.6. The van der Waals surface area contributed by atoms with Gasteiger partial charge in [-0.3, -0.25) is 9.69 Å². The van der Waals surface area contributed by atoms with Crippen LogP contribution >= 0.6 is 11.8 Å². The van der Waals surface area contributed by atoms with E-state index in [2.05, 4.69) is 48.6 Å². The molecule has 3 rings (SSSR count). The largest absolute Gasteiger partial charge is 0.466 e. The quantitative estimate of drug-likeness (QED) is 0.161. The summed E-state index contributed by atoms with van der Waals surface area (Å²) in [5.41, 5.74) is 3.11. The van der Waals surface area contributed by atoms with Crippen molar-refractivity contribution in [3.05, 3.63) is 90.0 Å². The SMILES string of the molecule is CCCCCCNC(=O)N(CCCc1ccccc1)c1ccc(Sc2cccc(CC(=O)OCC)c2)cc1. The first kappa shape index (κ1) is 29.3. The third kappa shape index (κ3) is 10.3. The molecule has 0 saturated heterocycles. The summed E-state index contributed by atoms with van der Waals surface area (Å²) in [6.45, 7) is 5.74. The van der Waals surface area contributed by atoms with Crippen molar-refractivity contribution in [3.63, 3.8) is 0 Å². The zero-order valence-corrected chi connectivity index (χ0v) is 23.5. The number of hydrogen-bond acceptors (Lipinski definition) is 4. The van der Waals surface area contributed by atoms with E-state index < -0.39 is 0 Å². The van der Waals surface area contributed by atoms with Gasteiger partial charge < -0.3 is 10.1 Å². The Balaban J connectivity index is 1.64. The lowest BCUT2D eigenvalue weighted by Crippen LogP contribution is -2.41. The number of aryl methyl sites for hydroxylation is 1. The van der Waals surface area contributed by atoms with Crippen LogP contribution in [0.4, 0.5) is 10.5 Å². The highest BCUT2D eigenvalue weighted by molar-refractivity contribution is 7.99. The molecule has 0 aromatic heterocycles. The van der Waals surface area contributed by atoms with Gasteiger partial charge in [-0.2, -0.15) is 0 Å². The van der Waals surface area contributed by atoms with Gasteiger partial charge in [-0.25, -0.2) is 4.79 Å². The zero-order valence-electron chi connectivity index (χ0n) is 22.7. The first-order valence-corrected chi connectivity index (χ1v) is 14.5. The highest BCUT2D eigenvalue weighted by Crippen LogP contribution is 2.30. The molecule has 0 aliphatic rings. The molecule has 0 unspecified atom stereocenters. The minimum absolute atomic E-state index is 0.0402. The van der Waals surface area contributed by atoms with Crippen LogP contribution in [0.3, 0.4) is 0 Å². The number of nitrogens with zero attached hydrogens (tertiary/aromatic N) is 1. The molecule has 0 saturated carbocycles. The van der Waals surface area contributed by atoms with Gasteiger partial charge in [-0.15, -0.1) is 0 Å². The summed E-state index contributed by atoms with van der Waals surface area (Å²) in [6, 6.07) is 26.5. The fraction of sp³-hybridized carbons (Fsp3) is 0.375. The number of rotatable bonds is 15. The van der Waals surface area contributed by atoms with E-state index in [9.17, 15) is 9.59 Å². The number of carbonyl (C=O) groups is 2. The predicted octanol–water partition coefficient (Wildman–Crippen LogP) is 7.67. The number of hydrogen-bond donors (Lipinski definition) is 1. The van der Waals surface area contributed by atoms with Crippen molar-refractivity contribution < 1.29 is 14.3 Å². The van der Waals surface area contributed by atoms with Crippen molar-refractivity contribution in [2.45, 2.75) is 68.6 Å². The van der Waals surface area contributed by atoms with E-state index in [0.717, 1.165) is 46.7 Å². The van der Waals surface area contributed by atoms with Crippen molar-refractivity contribution >= 4 is 29.4 Å². The van der Waals surface area contributed by atoms with Crippen LogP contribution in [0.5, 0.6) is 0 Å². The van der Waals surface area contributed by atoms with Gasteiger partial charge in [0.25, 0.3) is 0 Å². The molecular formula is C32H40N2O3S.